The van der Waals surface area contributed by atoms with Gasteiger partial charge in [0.25, 0.3) is 0 Å². The molecule has 0 aromatic carbocycles. The number of amides is 1. The number of nitrogens with zero attached hydrogens (tertiary/aromatic N) is 5. The first kappa shape index (κ1) is 17.9. The van der Waals surface area contributed by atoms with Gasteiger partial charge in [-0.1, -0.05) is 0 Å². The van der Waals surface area contributed by atoms with E-state index in [1.54, 1.807) is 6.33 Å². The SMILES string of the molecule is CN(C)CCCNC(=O)C1CCN(c2nc(Cl)nc3nc[nH]c23)CC1. The number of aromatic amines is 1. The van der Waals surface area contributed by atoms with E-state index in [0.29, 0.717) is 5.65 Å². The number of fused-ring (bicyclic) bond motifs is 1. The van der Waals surface area contributed by atoms with Gasteiger partial charge >= 0.3 is 0 Å². The highest BCUT2D eigenvalue weighted by molar-refractivity contribution is 6.28. The molecule has 1 amide bonds. The van der Waals surface area contributed by atoms with Gasteiger partial charge < -0.3 is 20.1 Å². The van der Waals surface area contributed by atoms with Crippen LogP contribution >= 0.6 is 11.6 Å². The number of carbonyl (C=O) groups excluding carboxylic acids is 1. The fourth-order valence-electron chi connectivity index (χ4n) is 3.13. The molecule has 0 saturated carbocycles. The minimum Gasteiger partial charge on any atom is -0.356 e. The minimum atomic E-state index is 0.0603. The van der Waals surface area contributed by atoms with Gasteiger partial charge in [0.2, 0.25) is 11.2 Å². The van der Waals surface area contributed by atoms with E-state index in [0.717, 1.165) is 56.8 Å². The van der Waals surface area contributed by atoms with E-state index in [9.17, 15) is 4.79 Å². The van der Waals surface area contributed by atoms with Crippen molar-refractivity contribution in [1.82, 2.24) is 30.2 Å². The van der Waals surface area contributed by atoms with Crippen LogP contribution in [0.5, 0.6) is 0 Å². The van der Waals surface area contributed by atoms with Gasteiger partial charge in [-0.05, 0) is 51.5 Å². The molecule has 0 atom stereocenters. The predicted octanol–water partition coefficient (Wildman–Crippen LogP) is 1.29. The molecule has 3 rings (SSSR count). The Balaban J connectivity index is 1.54. The molecule has 2 aromatic rings. The quantitative estimate of drug-likeness (QED) is 0.592. The van der Waals surface area contributed by atoms with Gasteiger partial charge in [0.05, 0.1) is 6.33 Å². The Hall–Kier alpha value is -1.93. The Morgan fingerprint density at radius 3 is 2.88 bits per heavy atom. The number of nitrogens with one attached hydrogen (secondary N) is 2. The van der Waals surface area contributed by atoms with Gasteiger partial charge in [-0.15, -0.1) is 0 Å². The van der Waals surface area contributed by atoms with Crippen molar-refractivity contribution in [3.63, 3.8) is 0 Å². The van der Waals surface area contributed by atoms with Crippen LogP contribution in [-0.4, -0.2) is 71.0 Å². The molecule has 1 aliphatic rings. The van der Waals surface area contributed by atoms with E-state index < -0.39 is 0 Å². The molecule has 0 aliphatic carbocycles. The van der Waals surface area contributed by atoms with Crippen LogP contribution in [0.2, 0.25) is 5.28 Å². The molecule has 136 valence electrons. The highest BCUT2D eigenvalue weighted by Crippen LogP contribution is 2.27. The van der Waals surface area contributed by atoms with E-state index in [1.807, 2.05) is 14.1 Å². The van der Waals surface area contributed by atoms with Crippen molar-refractivity contribution < 1.29 is 4.79 Å². The first-order valence-electron chi connectivity index (χ1n) is 8.58. The van der Waals surface area contributed by atoms with Crippen molar-refractivity contribution in [2.75, 3.05) is 45.2 Å². The molecule has 2 aromatic heterocycles. The van der Waals surface area contributed by atoms with Crippen LogP contribution < -0.4 is 10.2 Å². The van der Waals surface area contributed by atoms with Crippen molar-refractivity contribution in [1.29, 1.82) is 0 Å². The van der Waals surface area contributed by atoms with Gasteiger partial charge in [-0.3, -0.25) is 4.79 Å². The fraction of sp³-hybridized carbons (Fsp3) is 0.625. The third-order valence-electron chi connectivity index (χ3n) is 4.49. The maximum Gasteiger partial charge on any atom is 0.226 e. The molecule has 1 aliphatic heterocycles. The Kier molecular flexibility index (Phi) is 5.70. The van der Waals surface area contributed by atoms with E-state index in [2.05, 4.69) is 35.1 Å². The minimum absolute atomic E-state index is 0.0603. The van der Waals surface area contributed by atoms with E-state index in [1.165, 1.54) is 0 Å². The Bertz CT molecular complexity index is 724. The summed E-state index contributed by atoms with van der Waals surface area (Å²) >= 11 is 6.00. The zero-order valence-corrected chi connectivity index (χ0v) is 15.4. The number of H-pyrrole nitrogens is 1. The second kappa shape index (κ2) is 7.97. The number of hydrogen-bond donors (Lipinski definition) is 2. The molecule has 2 N–H and O–H groups in total. The standard InChI is InChI=1S/C16H24ClN7O/c1-23(2)7-3-6-18-15(25)11-4-8-24(9-5-11)14-12-13(20-10-19-12)21-16(17)22-14/h10-11H,3-9H2,1-2H3,(H,18,25)(H,19,20,21,22). The smallest absolute Gasteiger partial charge is 0.226 e. The van der Waals surface area contributed by atoms with Crippen LogP contribution in [0.25, 0.3) is 11.2 Å². The van der Waals surface area contributed by atoms with Crippen LogP contribution in [0.1, 0.15) is 19.3 Å². The predicted molar refractivity (Wildman–Crippen MR) is 97.8 cm³/mol. The molecule has 3 heterocycles. The zero-order chi connectivity index (χ0) is 17.8. The molecule has 9 heteroatoms. The lowest BCUT2D eigenvalue weighted by Crippen LogP contribution is -2.41. The number of imidazole rings is 1. The molecule has 0 bridgehead atoms. The van der Waals surface area contributed by atoms with Gasteiger partial charge in [-0.2, -0.15) is 9.97 Å². The summed E-state index contributed by atoms with van der Waals surface area (Å²) in [5.74, 6) is 0.980. The van der Waals surface area contributed by atoms with Crippen molar-refractivity contribution >= 4 is 34.5 Å². The summed E-state index contributed by atoms with van der Waals surface area (Å²) in [4.78, 5) is 32.2. The van der Waals surface area contributed by atoms with Crippen molar-refractivity contribution in [3.8, 4) is 0 Å². The summed E-state index contributed by atoms with van der Waals surface area (Å²) < 4.78 is 0. The van der Waals surface area contributed by atoms with Gasteiger partial charge in [0.15, 0.2) is 11.5 Å². The normalized spacial score (nSPS) is 15.9. The van der Waals surface area contributed by atoms with Crippen LogP contribution in [0.4, 0.5) is 5.82 Å². The number of carbonyl (C=O) groups is 1. The molecule has 0 radical (unpaired) electrons. The molecule has 25 heavy (non-hydrogen) atoms. The fourth-order valence-corrected chi connectivity index (χ4v) is 3.29. The summed E-state index contributed by atoms with van der Waals surface area (Å²) in [6.07, 6.45) is 4.16. The maximum atomic E-state index is 12.3. The Morgan fingerprint density at radius 2 is 2.16 bits per heavy atom. The van der Waals surface area contributed by atoms with Crippen molar-refractivity contribution in [2.24, 2.45) is 5.92 Å². The van der Waals surface area contributed by atoms with Gasteiger partial charge in [0, 0.05) is 25.6 Å². The third-order valence-corrected chi connectivity index (χ3v) is 4.65. The van der Waals surface area contributed by atoms with Crippen LogP contribution in [0, 0.1) is 5.92 Å². The Labute approximate surface area is 152 Å². The van der Waals surface area contributed by atoms with Crippen LogP contribution in [0.15, 0.2) is 6.33 Å². The lowest BCUT2D eigenvalue weighted by Gasteiger charge is -2.32. The molecule has 0 spiro atoms. The van der Waals surface area contributed by atoms with E-state index in [-0.39, 0.29) is 17.1 Å². The molecule has 8 nitrogen and oxygen atoms in total. The molecule has 1 fully saturated rings. The van der Waals surface area contributed by atoms with Gasteiger partial charge in [0.1, 0.15) is 5.52 Å². The van der Waals surface area contributed by atoms with Crippen LogP contribution in [-0.2, 0) is 4.79 Å². The number of rotatable bonds is 6. The summed E-state index contributed by atoms with van der Waals surface area (Å²) in [6, 6.07) is 0. The highest BCUT2D eigenvalue weighted by atomic mass is 35.5. The van der Waals surface area contributed by atoms with Crippen molar-refractivity contribution in [2.45, 2.75) is 19.3 Å². The lowest BCUT2D eigenvalue weighted by molar-refractivity contribution is -0.125. The molecular weight excluding hydrogens is 342 g/mol. The first-order valence-corrected chi connectivity index (χ1v) is 8.96. The second-order valence-corrected chi connectivity index (χ2v) is 6.96. The lowest BCUT2D eigenvalue weighted by atomic mass is 9.96. The summed E-state index contributed by atoms with van der Waals surface area (Å²) in [7, 11) is 4.07. The van der Waals surface area contributed by atoms with E-state index >= 15 is 0 Å². The van der Waals surface area contributed by atoms with Crippen molar-refractivity contribution in [3.05, 3.63) is 11.6 Å². The summed E-state index contributed by atoms with van der Waals surface area (Å²) in [5, 5.41) is 3.24. The average molecular weight is 366 g/mol. The number of aromatic nitrogens is 4. The number of piperidine rings is 1. The third kappa shape index (κ3) is 4.38. The monoisotopic (exact) mass is 365 g/mol. The summed E-state index contributed by atoms with van der Waals surface area (Å²) in [6.45, 7) is 3.23. The van der Waals surface area contributed by atoms with E-state index in [4.69, 9.17) is 11.6 Å². The first-order chi connectivity index (χ1) is 12.0. The Morgan fingerprint density at radius 1 is 1.40 bits per heavy atom. The second-order valence-electron chi connectivity index (χ2n) is 6.63. The van der Waals surface area contributed by atoms with Gasteiger partial charge in [-0.25, -0.2) is 4.98 Å². The topological polar surface area (TPSA) is 90.0 Å². The highest BCUT2D eigenvalue weighted by Gasteiger charge is 2.27. The largest absolute Gasteiger partial charge is 0.356 e. The molecular formula is C16H24ClN7O. The number of anilines is 1. The summed E-state index contributed by atoms with van der Waals surface area (Å²) in [5.41, 5.74) is 1.35. The molecule has 1 saturated heterocycles. The maximum absolute atomic E-state index is 12.3. The average Bonchev–Trinajstić information content (AvgIpc) is 3.06. The van der Waals surface area contributed by atoms with Crippen LogP contribution in [0.3, 0.4) is 0 Å². The molecule has 0 unspecified atom stereocenters. The number of halogens is 1. The number of hydrogen-bond acceptors (Lipinski definition) is 6. The zero-order valence-electron chi connectivity index (χ0n) is 14.6.